The van der Waals surface area contributed by atoms with E-state index in [2.05, 4.69) is 11.4 Å². The van der Waals surface area contributed by atoms with Crippen molar-refractivity contribution in [3.8, 4) is 5.75 Å². The largest absolute Gasteiger partial charge is 0.491 e. The normalized spacial score (nSPS) is 20.2. The minimum Gasteiger partial charge on any atom is -0.491 e. The van der Waals surface area contributed by atoms with Gasteiger partial charge in [-0.1, -0.05) is 6.07 Å². The number of alkyl halides is 1. The highest BCUT2D eigenvalue weighted by atomic mass is 19.1. The number of aryl methyl sites for hydroxylation is 2. The Bertz CT molecular complexity index is 1070. The molecule has 2 atom stereocenters. The Hall–Kier alpha value is -2.78. The number of nitrogens with one attached hydrogen (secondary N) is 1. The maximum Gasteiger partial charge on any atom is 0.306 e. The van der Waals surface area contributed by atoms with Crippen molar-refractivity contribution in [2.45, 2.75) is 50.1 Å². The van der Waals surface area contributed by atoms with E-state index in [9.17, 15) is 9.18 Å². The first-order valence-corrected chi connectivity index (χ1v) is 13.0. The molecule has 9 heteroatoms. The van der Waals surface area contributed by atoms with Crippen molar-refractivity contribution < 1.29 is 27.8 Å². The van der Waals surface area contributed by atoms with E-state index in [0.29, 0.717) is 56.9 Å². The maximum atomic E-state index is 15.8. The van der Waals surface area contributed by atoms with E-state index in [1.54, 1.807) is 19.2 Å². The predicted octanol–water partition coefficient (Wildman–Crippen LogP) is 4.30. The number of nitrogens with zero attached hydrogens (tertiary/aromatic N) is 2. The van der Waals surface area contributed by atoms with E-state index >= 15 is 4.39 Å². The van der Waals surface area contributed by atoms with Crippen LogP contribution < -0.4 is 10.1 Å². The molecule has 202 valence electrons. The summed E-state index contributed by atoms with van der Waals surface area (Å²) in [4.78, 5) is 18.8. The second-order valence-electron chi connectivity index (χ2n) is 9.98. The molecule has 1 N–H and O–H groups in total. The first kappa shape index (κ1) is 27.3. The fraction of sp³-hybridized carbons (Fsp3) is 0.571. The van der Waals surface area contributed by atoms with Gasteiger partial charge in [0.15, 0.2) is 0 Å². The molecule has 7 nitrogen and oxygen atoms in total. The number of hydrogen-bond acceptors (Lipinski definition) is 7. The number of methoxy groups -OCH3 is 2. The molecule has 0 saturated carbocycles. The quantitative estimate of drug-likeness (QED) is 0.333. The van der Waals surface area contributed by atoms with Crippen molar-refractivity contribution in [3.63, 3.8) is 0 Å². The third-order valence-electron chi connectivity index (χ3n) is 7.25. The number of benzene rings is 1. The van der Waals surface area contributed by atoms with Gasteiger partial charge in [0.25, 0.3) is 0 Å². The first-order valence-electron chi connectivity index (χ1n) is 13.0. The van der Waals surface area contributed by atoms with Gasteiger partial charge in [-0.2, -0.15) is 0 Å². The molecule has 37 heavy (non-hydrogen) atoms. The number of anilines is 1. The van der Waals surface area contributed by atoms with Crippen LogP contribution in [0.3, 0.4) is 0 Å². The van der Waals surface area contributed by atoms with Crippen LogP contribution in [0.5, 0.6) is 5.75 Å². The van der Waals surface area contributed by atoms with E-state index in [1.807, 2.05) is 11.0 Å². The molecule has 1 fully saturated rings. The predicted molar refractivity (Wildman–Crippen MR) is 137 cm³/mol. The third kappa shape index (κ3) is 7.38. The summed E-state index contributed by atoms with van der Waals surface area (Å²) in [6, 6.07) is 8.60. The average Bonchev–Trinajstić information content (AvgIpc) is 3.28. The topological polar surface area (TPSA) is 72.9 Å². The molecule has 0 spiro atoms. The molecule has 2 aliphatic rings. The van der Waals surface area contributed by atoms with Crippen molar-refractivity contribution >= 4 is 11.8 Å². The van der Waals surface area contributed by atoms with Crippen LogP contribution in [-0.2, 0) is 27.1 Å². The van der Waals surface area contributed by atoms with Gasteiger partial charge in [-0.15, -0.1) is 0 Å². The zero-order chi connectivity index (χ0) is 26.3. The Morgan fingerprint density at radius 2 is 2.11 bits per heavy atom. The SMILES string of the molecule is COCCOc1ccc(F)c(C(CC(=O)OC)CN2CC[C@@](F)(CCc3ccc4c(n3)NCCC4)C2)c1. The number of halogens is 2. The second kappa shape index (κ2) is 12.6. The van der Waals surface area contributed by atoms with Gasteiger partial charge < -0.3 is 19.5 Å². The van der Waals surface area contributed by atoms with E-state index in [1.165, 1.54) is 18.7 Å². The number of likely N-dealkylation sites (tertiary alicyclic amines) is 1. The molecule has 1 aromatic heterocycles. The summed E-state index contributed by atoms with van der Waals surface area (Å²) in [5, 5.41) is 3.33. The molecule has 4 rings (SSSR count). The van der Waals surface area contributed by atoms with E-state index < -0.39 is 23.4 Å². The summed E-state index contributed by atoms with van der Waals surface area (Å²) in [7, 11) is 2.89. The average molecular weight is 518 g/mol. The van der Waals surface area contributed by atoms with E-state index in [0.717, 1.165) is 30.9 Å². The van der Waals surface area contributed by atoms with Gasteiger partial charge in [-0.25, -0.2) is 13.8 Å². The molecular weight excluding hydrogens is 480 g/mol. The van der Waals surface area contributed by atoms with E-state index in [4.69, 9.17) is 19.2 Å². The van der Waals surface area contributed by atoms with Crippen LogP contribution in [0.2, 0.25) is 0 Å². The summed E-state index contributed by atoms with van der Waals surface area (Å²) in [5.41, 5.74) is 1.11. The minimum absolute atomic E-state index is 0.00320. The molecule has 2 aliphatic heterocycles. The molecule has 0 radical (unpaired) electrons. The zero-order valence-electron chi connectivity index (χ0n) is 21.7. The lowest BCUT2D eigenvalue weighted by Gasteiger charge is -2.26. The smallest absolute Gasteiger partial charge is 0.306 e. The molecule has 0 bridgehead atoms. The van der Waals surface area contributed by atoms with Crippen molar-refractivity contribution in [2.75, 3.05) is 58.9 Å². The van der Waals surface area contributed by atoms with Gasteiger partial charge in [0.1, 0.15) is 29.7 Å². The van der Waals surface area contributed by atoms with Crippen molar-refractivity contribution in [2.24, 2.45) is 0 Å². The van der Waals surface area contributed by atoms with Gasteiger partial charge in [-0.3, -0.25) is 9.69 Å². The number of pyridine rings is 1. The highest BCUT2D eigenvalue weighted by molar-refractivity contribution is 5.70. The Morgan fingerprint density at radius 1 is 1.24 bits per heavy atom. The summed E-state index contributed by atoms with van der Waals surface area (Å²) in [6.07, 6.45) is 3.44. The Morgan fingerprint density at radius 3 is 2.92 bits per heavy atom. The van der Waals surface area contributed by atoms with Crippen LogP contribution in [0, 0.1) is 5.82 Å². The Labute approximate surface area is 217 Å². The van der Waals surface area contributed by atoms with Crippen LogP contribution in [0.4, 0.5) is 14.6 Å². The molecule has 0 aliphatic carbocycles. The van der Waals surface area contributed by atoms with Gasteiger partial charge in [0, 0.05) is 44.9 Å². The van der Waals surface area contributed by atoms with E-state index in [-0.39, 0.29) is 13.0 Å². The third-order valence-corrected chi connectivity index (χ3v) is 7.25. The summed E-state index contributed by atoms with van der Waals surface area (Å²) in [6.45, 7) is 2.77. The van der Waals surface area contributed by atoms with Crippen LogP contribution in [0.15, 0.2) is 30.3 Å². The number of rotatable bonds is 12. The van der Waals surface area contributed by atoms with Crippen LogP contribution >= 0.6 is 0 Å². The zero-order valence-corrected chi connectivity index (χ0v) is 21.7. The molecular formula is C28H37F2N3O4. The molecule has 3 heterocycles. The van der Waals surface area contributed by atoms with Crippen LogP contribution in [0.25, 0.3) is 0 Å². The molecule has 2 aromatic rings. The van der Waals surface area contributed by atoms with Crippen molar-refractivity contribution in [1.29, 1.82) is 0 Å². The number of carbonyl (C=O) groups is 1. The number of ether oxygens (including phenoxy) is 3. The van der Waals surface area contributed by atoms with Crippen molar-refractivity contribution in [3.05, 3.63) is 53.0 Å². The highest BCUT2D eigenvalue weighted by Gasteiger charge is 2.39. The Balaban J connectivity index is 1.40. The molecule has 0 amide bonds. The van der Waals surface area contributed by atoms with Gasteiger partial charge in [-0.05, 0) is 67.5 Å². The fourth-order valence-electron chi connectivity index (χ4n) is 5.17. The molecule has 1 unspecified atom stereocenters. The summed E-state index contributed by atoms with van der Waals surface area (Å²) < 4.78 is 46.2. The van der Waals surface area contributed by atoms with Crippen LogP contribution in [-0.4, -0.2) is 75.1 Å². The second-order valence-corrected chi connectivity index (χ2v) is 9.98. The van der Waals surface area contributed by atoms with Crippen LogP contribution in [0.1, 0.15) is 48.4 Å². The lowest BCUT2D eigenvalue weighted by molar-refractivity contribution is -0.141. The minimum atomic E-state index is -1.36. The lowest BCUT2D eigenvalue weighted by Crippen LogP contribution is -2.33. The van der Waals surface area contributed by atoms with Crippen molar-refractivity contribution in [1.82, 2.24) is 9.88 Å². The van der Waals surface area contributed by atoms with Gasteiger partial charge >= 0.3 is 5.97 Å². The first-order chi connectivity index (χ1) is 17.9. The number of fused-ring (bicyclic) bond motifs is 1. The summed E-state index contributed by atoms with van der Waals surface area (Å²) >= 11 is 0. The highest BCUT2D eigenvalue weighted by Crippen LogP contribution is 2.34. The van der Waals surface area contributed by atoms with Gasteiger partial charge in [0.2, 0.25) is 0 Å². The van der Waals surface area contributed by atoms with Gasteiger partial charge in [0.05, 0.1) is 20.1 Å². The molecule has 1 aromatic carbocycles. The standard InChI is InChI=1S/C28H37F2N3O4/c1-35-14-15-37-23-7-8-25(29)24(17-23)21(16-26(34)36-2)18-33-13-11-28(30,19-33)10-9-22-6-5-20-4-3-12-31-27(20)32-22/h5-8,17,21H,3-4,9-16,18-19H2,1-2H3,(H,31,32)/t21?,28-/m0/s1. The lowest BCUT2D eigenvalue weighted by atomic mass is 9.94. The maximum absolute atomic E-state index is 15.8. The molecule has 1 saturated heterocycles. The number of hydrogen-bond donors (Lipinski definition) is 1. The number of carbonyl (C=O) groups excluding carboxylic acids is 1. The monoisotopic (exact) mass is 517 g/mol. The number of esters is 1. The summed E-state index contributed by atoms with van der Waals surface area (Å²) in [5.74, 6) is 0.0651. The Kier molecular flexibility index (Phi) is 9.32. The fourth-order valence-corrected chi connectivity index (χ4v) is 5.17. The number of aromatic nitrogens is 1.